The molecule has 10 rings (SSSR count). The van der Waals surface area contributed by atoms with Crippen LogP contribution in [0.5, 0.6) is 0 Å². The average molecular weight is 600 g/mol. The fourth-order valence-electron chi connectivity index (χ4n) is 7.55. The van der Waals surface area contributed by atoms with Gasteiger partial charge in [-0.25, -0.2) is 4.85 Å². The minimum atomic E-state index is 0.534. The van der Waals surface area contributed by atoms with Crippen molar-refractivity contribution in [2.45, 2.75) is 0 Å². The summed E-state index contributed by atoms with van der Waals surface area (Å²) in [6, 6.07) is 53.5. The van der Waals surface area contributed by atoms with E-state index >= 15 is 0 Å². The van der Waals surface area contributed by atoms with Crippen LogP contribution in [-0.2, 0) is 0 Å². The molecule has 0 unspecified atom stereocenters. The van der Waals surface area contributed by atoms with E-state index in [9.17, 15) is 0 Å². The Morgan fingerprint density at radius 1 is 0.447 bits per heavy atom. The lowest BCUT2D eigenvalue weighted by molar-refractivity contribution is 0.671. The highest BCUT2D eigenvalue weighted by Crippen LogP contribution is 2.43. The fourth-order valence-corrected chi connectivity index (χ4v) is 7.55. The number of hydrogen-bond donors (Lipinski definition) is 0. The molecule has 0 fully saturated rings. The predicted octanol–water partition coefficient (Wildman–Crippen LogP) is 12.0. The van der Waals surface area contributed by atoms with E-state index in [1.165, 1.54) is 21.8 Å². The molecule has 4 heteroatoms. The number of furan rings is 1. The molecule has 0 aliphatic heterocycles. The van der Waals surface area contributed by atoms with E-state index in [0.717, 1.165) is 60.7 Å². The van der Waals surface area contributed by atoms with Crippen molar-refractivity contribution < 1.29 is 4.42 Å². The van der Waals surface area contributed by atoms with Crippen LogP contribution in [0.3, 0.4) is 0 Å². The van der Waals surface area contributed by atoms with Crippen LogP contribution in [0.25, 0.3) is 92.9 Å². The van der Waals surface area contributed by atoms with Crippen LogP contribution in [0.4, 0.5) is 5.69 Å². The number of para-hydroxylation sites is 4. The third-order valence-electron chi connectivity index (χ3n) is 9.52. The number of aromatic nitrogens is 2. The van der Waals surface area contributed by atoms with Gasteiger partial charge in [-0.05, 0) is 65.7 Å². The van der Waals surface area contributed by atoms with Gasteiger partial charge in [-0.15, -0.1) is 0 Å². The third-order valence-corrected chi connectivity index (χ3v) is 9.52. The lowest BCUT2D eigenvalue weighted by atomic mass is 10.0. The molecule has 0 saturated carbocycles. The number of hydrogen-bond acceptors (Lipinski definition) is 1. The van der Waals surface area contributed by atoms with Crippen molar-refractivity contribution in [3.63, 3.8) is 0 Å². The number of nitrogens with zero attached hydrogens (tertiary/aromatic N) is 3. The van der Waals surface area contributed by atoms with Gasteiger partial charge in [0.15, 0.2) is 0 Å². The Hall–Kier alpha value is -6.57. The summed E-state index contributed by atoms with van der Waals surface area (Å²) in [5.74, 6) is 0. The average Bonchev–Trinajstić information content (AvgIpc) is 3.79. The van der Waals surface area contributed by atoms with E-state index in [1.54, 1.807) is 0 Å². The minimum Gasteiger partial charge on any atom is -0.467 e. The summed E-state index contributed by atoms with van der Waals surface area (Å²) < 4.78 is 11.0. The minimum absolute atomic E-state index is 0.534. The van der Waals surface area contributed by atoms with Gasteiger partial charge in [0.05, 0.1) is 28.6 Å². The van der Waals surface area contributed by atoms with Gasteiger partial charge >= 0.3 is 0 Å². The highest BCUT2D eigenvalue weighted by Gasteiger charge is 2.20. The van der Waals surface area contributed by atoms with Crippen molar-refractivity contribution in [1.82, 2.24) is 9.13 Å². The molecule has 3 heterocycles. The molecule has 0 atom stereocenters. The lowest BCUT2D eigenvalue weighted by Gasteiger charge is -2.12. The van der Waals surface area contributed by atoms with E-state index in [4.69, 9.17) is 11.0 Å². The molecule has 0 bridgehead atoms. The molecule has 0 aliphatic carbocycles. The maximum Gasteiger partial charge on any atom is 0.229 e. The maximum absolute atomic E-state index is 7.69. The Morgan fingerprint density at radius 2 is 0.979 bits per heavy atom. The Bertz CT molecular complexity index is 2880. The maximum atomic E-state index is 7.69. The van der Waals surface area contributed by atoms with E-state index in [-0.39, 0.29) is 0 Å². The van der Waals surface area contributed by atoms with Crippen LogP contribution in [0.2, 0.25) is 0 Å². The molecule has 0 spiro atoms. The van der Waals surface area contributed by atoms with E-state index in [0.29, 0.717) is 11.3 Å². The highest BCUT2D eigenvalue weighted by atomic mass is 16.3. The molecular weight excluding hydrogens is 574 g/mol. The van der Waals surface area contributed by atoms with Crippen molar-refractivity contribution in [1.29, 1.82) is 0 Å². The molecule has 0 saturated heterocycles. The van der Waals surface area contributed by atoms with Crippen LogP contribution in [-0.4, -0.2) is 9.13 Å². The lowest BCUT2D eigenvalue weighted by Crippen LogP contribution is -1.96. The van der Waals surface area contributed by atoms with E-state index in [2.05, 4.69) is 147 Å². The number of benzene rings is 7. The quantitative estimate of drug-likeness (QED) is 0.186. The third kappa shape index (κ3) is 3.63. The van der Waals surface area contributed by atoms with Gasteiger partial charge in [0.2, 0.25) is 5.69 Å². The van der Waals surface area contributed by atoms with E-state index < -0.39 is 0 Å². The van der Waals surface area contributed by atoms with Crippen LogP contribution >= 0.6 is 0 Å². The summed E-state index contributed by atoms with van der Waals surface area (Å²) in [5, 5.41) is 6.82. The first-order chi connectivity index (χ1) is 23.3. The molecular formula is C43H25N3O. The van der Waals surface area contributed by atoms with Crippen molar-refractivity contribution in [2.75, 3.05) is 0 Å². The second-order valence-corrected chi connectivity index (χ2v) is 12.0. The van der Waals surface area contributed by atoms with Crippen LogP contribution < -0.4 is 0 Å². The van der Waals surface area contributed by atoms with Crippen molar-refractivity contribution >= 4 is 71.2 Å². The monoisotopic (exact) mass is 599 g/mol. The molecule has 7 aromatic carbocycles. The SMILES string of the molecule is [C-]#[N+]c1cccc2c1oc1ccc3c(c4ccccc4n3-c3cccc(-c4cccc(-n5c6ccccc6c6ccccc65)c4)c3)c12. The molecule has 3 aromatic heterocycles. The van der Waals surface area contributed by atoms with Gasteiger partial charge in [0, 0.05) is 43.7 Å². The Morgan fingerprint density at radius 3 is 1.62 bits per heavy atom. The van der Waals surface area contributed by atoms with E-state index in [1.807, 2.05) is 18.2 Å². The summed E-state index contributed by atoms with van der Waals surface area (Å²) in [6.45, 7) is 7.69. The van der Waals surface area contributed by atoms with Crippen LogP contribution in [0.1, 0.15) is 0 Å². The fraction of sp³-hybridized carbons (Fsp3) is 0. The second-order valence-electron chi connectivity index (χ2n) is 12.0. The summed E-state index contributed by atoms with van der Waals surface area (Å²) in [7, 11) is 0. The zero-order valence-electron chi connectivity index (χ0n) is 25.2. The summed E-state index contributed by atoms with van der Waals surface area (Å²) in [5.41, 5.74) is 11.1. The Kier molecular flexibility index (Phi) is 5.32. The Labute approximate surface area is 269 Å². The summed E-state index contributed by atoms with van der Waals surface area (Å²) in [4.78, 5) is 3.73. The number of fused-ring (bicyclic) bond motifs is 10. The summed E-state index contributed by atoms with van der Waals surface area (Å²) >= 11 is 0. The van der Waals surface area contributed by atoms with Gasteiger partial charge in [0.1, 0.15) is 11.2 Å². The zero-order chi connectivity index (χ0) is 31.1. The molecule has 4 nitrogen and oxygen atoms in total. The normalized spacial score (nSPS) is 11.8. The molecule has 0 amide bonds. The first kappa shape index (κ1) is 25.7. The first-order valence-corrected chi connectivity index (χ1v) is 15.7. The number of rotatable bonds is 3. The standard InChI is InChI=1S/C43H25N3O/c1-44-35-19-10-18-34-42-40(47-43(34)35)24-23-39-41(42)33-17-4-7-22-38(33)46(39)30-14-9-12-28(26-30)27-11-8-13-29(25-27)45-36-20-5-2-15-31(36)32-16-3-6-21-37(32)45/h2-26H. The van der Waals surface area contributed by atoms with Crippen LogP contribution in [0, 0.1) is 6.57 Å². The topological polar surface area (TPSA) is 27.4 Å². The molecule has 218 valence electrons. The van der Waals surface area contributed by atoms with Gasteiger partial charge in [-0.3, -0.25) is 0 Å². The second kappa shape index (κ2) is 9.71. The Balaban J connectivity index is 1.18. The van der Waals surface area contributed by atoms with Gasteiger partial charge in [0.25, 0.3) is 0 Å². The smallest absolute Gasteiger partial charge is 0.229 e. The predicted molar refractivity (Wildman–Crippen MR) is 194 cm³/mol. The van der Waals surface area contributed by atoms with Crippen molar-refractivity contribution in [2.24, 2.45) is 0 Å². The van der Waals surface area contributed by atoms with Gasteiger partial charge in [-0.2, -0.15) is 0 Å². The molecule has 0 radical (unpaired) electrons. The molecule has 0 aliphatic rings. The molecule has 47 heavy (non-hydrogen) atoms. The molecule has 10 aromatic rings. The van der Waals surface area contributed by atoms with Gasteiger partial charge < -0.3 is 13.6 Å². The summed E-state index contributed by atoms with van der Waals surface area (Å²) in [6.07, 6.45) is 0. The largest absolute Gasteiger partial charge is 0.467 e. The van der Waals surface area contributed by atoms with Crippen molar-refractivity contribution in [3.8, 4) is 22.5 Å². The first-order valence-electron chi connectivity index (χ1n) is 15.7. The highest BCUT2D eigenvalue weighted by molar-refractivity contribution is 6.28. The van der Waals surface area contributed by atoms with Gasteiger partial charge in [-0.1, -0.05) is 97.1 Å². The molecule has 0 N–H and O–H groups in total. The zero-order valence-corrected chi connectivity index (χ0v) is 25.2. The van der Waals surface area contributed by atoms with Crippen LogP contribution in [0.15, 0.2) is 156 Å². The van der Waals surface area contributed by atoms with Crippen molar-refractivity contribution in [3.05, 3.63) is 163 Å².